The quantitative estimate of drug-likeness (QED) is 0.721. The molecule has 0 bridgehead atoms. The Morgan fingerprint density at radius 1 is 1.10 bits per heavy atom. The lowest BCUT2D eigenvalue weighted by Crippen LogP contribution is -2.46. The number of rotatable bonds is 5. The van der Waals surface area contributed by atoms with Gasteiger partial charge in [0.05, 0.1) is 0 Å². The third-order valence-corrected chi connectivity index (χ3v) is 5.58. The fourth-order valence-electron chi connectivity index (χ4n) is 4.17. The summed E-state index contributed by atoms with van der Waals surface area (Å²) < 4.78 is 10.7. The van der Waals surface area contributed by atoms with Crippen LogP contribution in [0.4, 0.5) is 10.5 Å². The van der Waals surface area contributed by atoms with Gasteiger partial charge >= 0.3 is 6.03 Å². The van der Waals surface area contributed by atoms with Crippen LogP contribution in [0, 0.1) is 20.8 Å². The van der Waals surface area contributed by atoms with Crippen molar-refractivity contribution in [2.75, 3.05) is 18.7 Å². The zero-order valence-electron chi connectivity index (χ0n) is 18.0. The number of hydrogen-bond acceptors (Lipinski definition) is 5. The second-order valence-corrected chi connectivity index (χ2v) is 8.34. The van der Waals surface area contributed by atoms with E-state index in [9.17, 15) is 14.4 Å². The first-order valence-corrected chi connectivity index (χ1v) is 10.1. The predicted octanol–water partition coefficient (Wildman–Crippen LogP) is 2.83. The molecular weight excluding hydrogens is 398 g/mol. The Morgan fingerprint density at radius 3 is 2.48 bits per heavy atom. The van der Waals surface area contributed by atoms with Crippen LogP contribution in [-0.4, -0.2) is 41.6 Å². The molecule has 0 unspecified atom stereocenters. The molecule has 0 aromatic heterocycles. The lowest BCUT2D eigenvalue weighted by molar-refractivity contribution is -0.133. The summed E-state index contributed by atoms with van der Waals surface area (Å²) in [7, 11) is 0. The molecule has 162 valence electrons. The van der Waals surface area contributed by atoms with Crippen molar-refractivity contribution in [3.05, 3.63) is 52.6 Å². The Bertz CT molecular complexity index is 1070. The third kappa shape index (κ3) is 3.93. The highest BCUT2D eigenvalue weighted by atomic mass is 16.7. The maximum Gasteiger partial charge on any atom is 0.325 e. The number of nitrogens with one attached hydrogen (secondary N) is 2. The fourth-order valence-corrected chi connectivity index (χ4v) is 4.17. The first kappa shape index (κ1) is 20.7. The summed E-state index contributed by atoms with van der Waals surface area (Å²) in [6.07, 6.45) is 0.266. The molecule has 0 aliphatic carbocycles. The summed E-state index contributed by atoms with van der Waals surface area (Å²) in [5, 5.41) is 5.57. The summed E-state index contributed by atoms with van der Waals surface area (Å²) >= 11 is 0. The van der Waals surface area contributed by atoms with Crippen molar-refractivity contribution in [1.82, 2.24) is 10.2 Å². The average molecular weight is 423 g/mol. The van der Waals surface area contributed by atoms with Gasteiger partial charge in [-0.05, 0) is 56.5 Å². The molecule has 1 fully saturated rings. The normalized spacial score (nSPS) is 19.5. The lowest BCUT2D eigenvalue weighted by Gasteiger charge is -2.22. The van der Waals surface area contributed by atoms with E-state index in [4.69, 9.17) is 9.47 Å². The van der Waals surface area contributed by atoms with Gasteiger partial charge in [-0.15, -0.1) is 0 Å². The summed E-state index contributed by atoms with van der Waals surface area (Å²) in [4.78, 5) is 39.2. The van der Waals surface area contributed by atoms with Gasteiger partial charge in [-0.2, -0.15) is 0 Å². The molecule has 2 N–H and O–H groups in total. The second kappa shape index (κ2) is 7.61. The van der Waals surface area contributed by atoms with E-state index in [1.165, 1.54) is 0 Å². The van der Waals surface area contributed by atoms with Gasteiger partial charge in [-0.1, -0.05) is 23.8 Å². The smallest absolute Gasteiger partial charge is 0.325 e. The number of carbonyl (C=O) groups is 3. The van der Waals surface area contributed by atoms with E-state index in [1.807, 2.05) is 39.0 Å². The fraction of sp³-hybridized carbons (Fsp3) is 0.348. The van der Waals surface area contributed by atoms with E-state index < -0.39 is 23.4 Å². The Hall–Kier alpha value is -3.55. The minimum Gasteiger partial charge on any atom is -0.454 e. The SMILES string of the molecule is Cc1cc(C)c(NC(=O)CN2C(=O)N[C@@](C)(Cc3ccc4c(c3)OCO4)C2=O)c(C)c1. The summed E-state index contributed by atoms with van der Waals surface area (Å²) in [6.45, 7) is 7.27. The number of carbonyl (C=O) groups excluding carboxylic acids is 3. The highest BCUT2D eigenvalue weighted by Crippen LogP contribution is 2.34. The highest BCUT2D eigenvalue weighted by molar-refractivity contribution is 6.10. The molecule has 1 saturated heterocycles. The van der Waals surface area contributed by atoms with E-state index >= 15 is 0 Å². The molecule has 0 spiro atoms. The van der Waals surface area contributed by atoms with Crippen molar-refractivity contribution in [3.63, 3.8) is 0 Å². The van der Waals surface area contributed by atoms with E-state index in [-0.39, 0.29) is 19.8 Å². The topological polar surface area (TPSA) is 97.0 Å². The van der Waals surface area contributed by atoms with Gasteiger partial charge in [0.25, 0.3) is 5.91 Å². The average Bonchev–Trinajstić information content (AvgIpc) is 3.23. The van der Waals surface area contributed by atoms with Crippen LogP contribution in [0.15, 0.2) is 30.3 Å². The second-order valence-electron chi connectivity index (χ2n) is 8.34. The molecule has 1 atom stereocenters. The van der Waals surface area contributed by atoms with Crippen LogP contribution in [0.1, 0.15) is 29.2 Å². The number of urea groups is 1. The van der Waals surface area contributed by atoms with Crippen LogP contribution in [0.25, 0.3) is 0 Å². The lowest BCUT2D eigenvalue weighted by atomic mass is 9.92. The van der Waals surface area contributed by atoms with Crippen LogP contribution in [0.2, 0.25) is 0 Å². The molecule has 4 rings (SSSR count). The van der Waals surface area contributed by atoms with Gasteiger partial charge in [0.2, 0.25) is 12.7 Å². The van der Waals surface area contributed by atoms with E-state index in [2.05, 4.69) is 10.6 Å². The minimum absolute atomic E-state index is 0.161. The van der Waals surface area contributed by atoms with Gasteiger partial charge in [-0.3, -0.25) is 14.5 Å². The molecule has 2 aliphatic heterocycles. The monoisotopic (exact) mass is 423 g/mol. The van der Waals surface area contributed by atoms with Crippen molar-refractivity contribution in [2.24, 2.45) is 0 Å². The molecule has 8 heteroatoms. The number of amides is 4. The molecule has 8 nitrogen and oxygen atoms in total. The van der Waals surface area contributed by atoms with Crippen LogP contribution < -0.4 is 20.1 Å². The molecule has 0 saturated carbocycles. The van der Waals surface area contributed by atoms with Gasteiger partial charge in [-0.25, -0.2) is 4.79 Å². The number of fused-ring (bicyclic) bond motifs is 1. The van der Waals surface area contributed by atoms with Crippen LogP contribution in [-0.2, 0) is 16.0 Å². The Balaban J connectivity index is 1.46. The van der Waals surface area contributed by atoms with Crippen molar-refractivity contribution < 1.29 is 23.9 Å². The molecule has 0 radical (unpaired) electrons. The maximum absolute atomic E-state index is 13.0. The number of hydrogen-bond donors (Lipinski definition) is 2. The maximum atomic E-state index is 13.0. The molecule has 2 aliphatic rings. The molecular formula is C23H25N3O5. The van der Waals surface area contributed by atoms with Crippen LogP contribution >= 0.6 is 0 Å². The van der Waals surface area contributed by atoms with Gasteiger partial charge < -0.3 is 20.1 Å². The number of anilines is 1. The third-order valence-electron chi connectivity index (χ3n) is 5.58. The van der Waals surface area contributed by atoms with Gasteiger partial charge in [0.1, 0.15) is 12.1 Å². The van der Waals surface area contributed by atoms with Gasteiger partial charge in [0, 0.05) is 12.1 Å². The first-order chi connectivity index (χ1) is 14.7. The standard InChI is InChI=1S/C23H25N3O5/c1-13-7-14(2)20(15(3)8-13)24-19(27)11-26-21(28)23(4,25-22(26)29)10-16-5-6-17-18(9-16)31-12-30-17/h5-9H,10-12H2,1-4H3,(H,24,27)(H,25,29)/t23-/m0/s1. The van der Waals surface area contributed by atoms with Crippen molar-refractivity contribution in [3.8, 4) is 11.5 Å². The molecule has 2 heterocycles. The van der Waals surface area contributed by atoms with Gasteiger partial charge in [0.15, 0.2) is 11.5 Å². The predicted molar refractivity (Wildman–Crippen MR) is 114 cm³/mol. The van der Waals surface area contributed by atoms with Crippen molar-refractivity contribution in [1.29, 1.82) is 0 Å². The number of ether oxygens (including phenoxy) is 2. The number of benzene rings is 2. The molecule has 2 aromatic carbocycles. The largest absolute Gasteiger partial charge is 0.454 e. The van der Waals surface area contributed by atoms with Crippen LogP contribution in [0.5, 0.6) is 11.5 Å². The summed E-state index contributed by atoms with van der Waals surface area (Å²) in [6, 6.07) is 8.76. The van der Waals surface area contributed by atoms with E-state index in [0.29, 0.717) is 17.2 Å². The van der Waals surface area contributed by atoms with E-state index in [1.54, 1.807) is 19.1 Å². The van der Waals surface area contributed by atoms with Crippen molar-refractivity contribution >= 4 is 23.5 Å². The molecule has 2 aromatic rings. The zero-order valence-corrected chi connectivity index (χ0v) is 18.0. The molecule has 4 amide bonds. The minimum atomic E-state index is -1.15. The first-order valence-electron chi connectivity index (χ1n) is 10.1. The Morgan fingerprint density at radius 2 is 1.77 bits per heavy atom. The Kier molecular flexibility index (Phi) is 5.08. The number of nitrogens with zero attached hydrogens (tertiary/aromatic N) is 1. The van der Waals surface area contributed by atoms with Crippen LogP contribution in [0.3, 0.4) is 0 Å². The van der Waals surface area contributed by atoms with E-state index in [0.717, 1.165) is 27.2 Å². The Labute approximate surface area is 180 Å². The van der Waals surface area contributed by atoms with Crippen molar-refractivity contribution in [2.45, 2.75) is 39.7 Å². The molecule has 31 heavy (non-hydrogen) atoms. The summed E-state index contributed by atoms with van der Waals surface area (Å²) in [5.41, 5.74) is 3.32. The zero-order chi connectivity index (χ0) is 22.3. The highest BCUT2D eigenvalue weighted by Gasteiger charge is 2.48. The number of aryl methyl sites for hydroxylation is 3. The summed E-state index contributed by atoms with van der Waals surface area (Å²) in [5.74, 6) is 0.391. The number of imide groups is 1.